The topological polar surface area (TPSA) is 80.9 Å². The number of carbonyl (C=O) groups excluding carboxylic acids is 1. The third kappa shape index (κ3) is 4.33. The van der Waals surface area contributed by atoms with E-state index >= 15 is 0 Å². The summed E-state index contributed by atoms with van der Waals surface area (Å²) in [4.78, 5) is 16.5. The lowest BCUT2D eigenvalue weighted by Gasteiger charge is -2.12. The monoisotopic (exact) mass is 342 g/mol. The Morgan fingerprint density at radius 3 is 2.95 bits per heavy atom. The molecule has 2 aromatic rings. The SMILES string of the molecule is CCc1nsc(SC(C)C(=O)Nc2ccc(Cl)cc2N)n1. The minimum absolute atomic E-state index is 0.137. The smallest absolute Gasteiger partial charge is 0.237 e. The van der Waals surface area contributed by atoms with E-state index in [4.69, 9.17) is 17.3 Å². The number of benzene rings is 1. The molecule has 1 unspecified atom stereocenters. The van der Waals surface area contributed by atoms with E-state index in [1.165, 1.54) is 23.3 Å². The summed E-state index contributed by atoms with van der Waals surface area (Å²) in [5.74, 6) is 0.666. The molecule has 0 aliphatic carbocycles. The molecule has 2 rings (SSSR count). The van der Waals surface area contributed by atoms with Gasteiger partial charge in [0.1, 0.15) is 5.82 Å². The Morgan fingerprint density at radius 2 is 2.33 bits per heavy atom. The Bertz CT molecular complexity index is 647. The highest BCUT2D eigenvalue weighted by atomic mass is 35.5. The standard InChI is InChI=1S/C13H15ClN4OS2/c1-3-11-17-13(21-18-11)20-7(2)12(19)16-10-5-4-8(14)6-9(10)15/h4-7H,3,15H2,1-2H3,(H,16,19). The molecule has 0 bridgehead atoms. The molecule has 1 aromatic heterocycles. The maximum atomic E-state index is 12.2. The number of hydrogen-bond acceptors (Lipinski definition) is 6. The highest BCUT2D eigenvalue weighted by Crippen LogP contribution is 2.27. The Balaban J connectivity index is 1.99. The number of rotatable bonds is 5. The summed E-state index contributed by atoms with van der Waals surface area (Å²) in [6.45, 7) is 3.81. The number of anilines is 2. The molecule has 0 saturated carbocycles. The fraction of sp³-hybridized carbons (Fsp3) is 0.308. The molecule has 21 heavy (non-hydrogen) atoms. The second-order valence-electron chi connectivity index (χ2n) is 4.31. The summed E-state index contributed by atoms with van der Waals surface area (Å²) in [5.41, 5.74) is 6.82. The molecule has 0 aliphatic rings. The van der Waals surface area contributed by atoms with Gasteiger partial charge in [-0.1, -0.05) is 30.3 Å². The minimum atomic E-state index is -0.294. The second-order valence-corrected chi connectivity index (χ2v) is 7.09. The van der Waals surface area contributed by atoms with Crippen LogP contribution in [-0.4, -0.2) is 20.5 Å². The molecule has 8 heteroatoms. The lowest BCUT2D eigenvalue weighted by molar-refractivity contribution is -0.115. The van der Waals surface area contributed by atoms with Crippen molar-refractivity contribution in [2.75, 3.05) is 11.1 Å². The van der Waals surface area contributed by atoms with E-state index < -0.39 is 0 Å². The van der Waals surface area contributed by atoms with Crippen LogP contribution in [0.5, 0.6) is 0 Å². The lowest BCUT2D eigenvalue weighted by atomic mass is 10.2. The maximum Gasteiger partial charge on any atom is 0.237 e. The van der Waals surface area contributed by atoms with Crippen LogP contribution in [0, 0.1) is 0 Å². The number of nitrogen functional groups attached to an aromatic ring is 1. The summed E-state index contributed by atoms with van der Waals surface area (Å²) in [6.07, 6.45) is 0.791. The molecule has 3 N–H and O–H groups in total. The van der Waals surface area contributed by atoms with Crippen LogP contribution >= 0.6 is 34.9 Å². The van der Waals surface area contributed by atoms with Crippen molar-refractivity contribution in [1.82, 2.24) is 9.36 Å². The normalized spacial score (nSPS) is 12.1. The second kappa shape index (κ2) is 7.11. The number of aromatic nitrogens is 2. The van der Waals surface area contributed by atoms with E-state index in [2.05, 4.69) is 14.7 Å². The van der Waals surface area contributed by atoms with Gasteiger partial charge in [-0.25, -0.2) is 4.98 Å². The third-order valence-electron chi connectivity index (χ3n) is 2.68. The molecular formula is C13H15ClN4OS2. The Kier molecular flexibility index (Phi) is 5.44. The molecule has 112 valence electrons. The molecule has 5 nitrogen and oxygen atoms in total. The number of aryl methyl sites for hydroxylation is 1. The van der Waals surface area contributed by atoms with Crippen molar-refractivity contribution in [2.24, 2.45) is 0 Å². The van der Waals surface area contributed by atoms with Crippen molar-refractivity contribution in [3.8, 4) is 0 Å². The first-order valence-electron chi connectivity index (χ1n) is 6.34. The van der Waals surface area contributed by atoms with Gasteiger partial charge in [0, 0.05) is 11.4 Å². The van der Waals surface area contributed by atoms with Crippen LogP contribution in [0.3, 0.4) is 0 Å². The first kappa shape index (κ1) is 16.1. The highest BCUT2D eigenvalue weighted by molar-refractivity contribution is 8.02. The predicted octanol–water partition coefficient (Wildman–Crippen LogP) is 3.46. The summed E-state index contributed by atoms with van der Waals surface area (Å²) < 4.78 is 4.99. The van der Waals surface area contributed by atoms with Gasteiger partial charge in [-0.15, -0.1) is 0 Å². The zero-order valence-corrected chi connectivity index (χ0v) is 14.0. The maximum absolute atomic E-state index is 12.2. The summed E-state index contributed by atoms with van der Waals surface area (Å²) >= 11 is 8.52. The number of nitrogens with two attached hydrogens (primary N) is 1. The van der Waals surface area contributed by atoms with E-state index in [0.717, 1.165) is 16.6 Å². The molecule has 1 aromatic carbocycles. The Labute approximate surface area is 136 Å². The fourth-order valence-corrected chi connectivity index (χ4v) is 3.54. The Hall–Kier alpha value is -1.31. The van der Waals surface area contributed by atoms with Crippen LogP contribution in [0.25, 0.3) is 0 Å². The summed E-state index contributed by atoms with van der Waals surface area (Å²) in [5, 5.41) is 3.03. The summed E-state index contributed by atoms with van der Waals surface area (Å²) in [6, 6.07) is 4.98. The molecule has 1 amide bonds. The quantitative estimate of drug-likeness (QED) is 0.642. The van der Waals surface area contributed by atoms with Crippen molar-refractivity contribution in [1.29, 1.82) is 0 Å². The first-order valence-corrected chi connectivity index (χ1v) is 8.37. The number of hydrogen-bond donors (Lipinski definition) is 2. The van der Waals surface area contributed by atoms with Gasteiger partial charge in [-0.05, 0) is 36.7 Å². The number of carbonyl (C=O) groups is 1. The van der Waals surface area contributed by atoms with E-state index in [0.29, 0.717) is 16.4 Å². The predicted molar refractivity (Wildman–Crippen MR) is 89.1 cm³/mol. The Morgan fingerprint density at radius 1 is 1.57 bits per heavy atom. The van der Waals surface area contributed by atoms with Crippen LogP contribution in [0.4, 0.5) is 11.4 Å². The van der Waals surface area contributed by atoms with Gasteiger partial charge < -0.3 is 11.1 Å². The number of nitrogens with one attached hydrogen (secondary N) is 1. The number of thioether (sulfide) groups is 1. The van der Waals surface area contributed by atoms with Crippen molar-refractivity contribution in [3.63, 3.8) is 0 Å². The average molecular weight is 343 g/mol. The van der Waals surface area contributed by atoms with Crippen LogP contribution in [0.1, 0.15) is 19.7 Å². The largest absolute Gasteiger partial charge is 0.397 e. The highest BCUT2D eigenvalue weighted by Gasteiger charge is 2.17. The molecule has 0 saturated heterocycles. The van der Waals surface area contributed by atoms with E-state index in [9.17, 15) is 4.79 Å². The van der Waals surface area contributed by atoms with E-state index in [1.54, 1.807) is 18.2 Å². The molecule has 1 atom stereocenters. The van der Waals surface area contributed by atoms with Crippen molar-refractivity contribution < 1.29 is 4.79 Å². The number of halogens is 1. The van der Waals surface area contributed by atoms with Crippen molar-refractivity contribution >= 4 is 52.2 Å². The van der Waals surface area contributed by atoms with Gasteiger partial charge in [-0.2, -0.15) is 4.37 Å². The van der Waals surface area contributed by atoms with Gasteiger partial charge in [0.25, 0.3) is 0 Å². The fourth-order valence-electron chi connectivity index (χ4n) is 1.52. The van der Waals surface area contributed by atoms with Gasteiger partial charge in [-0.3, -0.25) is 4.79 Å². The molecule has 0 radical (unpaired) electrons. The average Bonchev–Trinajstić information content (AvgIpc) is 2.89. The third-order valence-corrected chi connectivity index (χ3v) is 4.84. The molecular weight excluding hydrogens is 328 g/mol. The van der Waals surface area contributed by atoms with Crippen LogP contribution in [0.2, 0.25) is 5.02 Å². The van der Waals surface area contributed by atoms with Crippen molar-refractivity contribution in [2.45, 2.75) is 29.9 Å². The molecule has 0 fully saturated rings. The number of nitrogens with zero attached hydrogens (tertiary/aromatic N) is 2. The van der Waals surface area contributed by atoms with Gasteiger partial charge in [0.05, 0.1) is 16.6 Å². The van der Waals surface area contributed by atoms with Gasteiger partial charge in [0.2, 0.25) is 5.91 Å². The summed E-state index contributed by atoms with van der Waals surface area (Å²) in [7, 11) is 0. The van der Waals surface area contributed by atoms with Crippen LogP contribution in [-0.2, 0) is 11.2 Å². The van der Waals surface area contributed by atoms with Crippen molar-refractivity contribution in [3.05, 3.63) is 29.0 Å². The van der Waals surface area contributed by atoms with Crippen LogP contribution in [0.15, 0.2) is 22.5 Å². The zero-order valence-electron chi connectivity index (χ0n) is 11.6. The molecule has 0 spiro atoms. The van der Waals surface area contributed by atoms with Gasteiger partial charge >= 0.3 is 0 Å². The first-order chi connectivity index (χ1) is 9.99. The lowest BCUT2D eigenvalue weighted by Crippen LogP contribution is -2.22. The van der Waals surface area contributed by atoms with E-state index in [1.807, 2.05) is 13.8 Å². The minimum Gasteiger partial charge on any atom is -0.397 e. The number of amides is 1. The van der Waals surface area contributed by atoms with E-state index in [-0.39, 0.29) is 11.2 Å². The zero-order chi connectivity index (χ0) is 15.4. The van der Waals surface area contributed by atoms with Crippen LogP contribution < -0.4 is 11.1 Å². The molecule has 1 heterocycles. The molecule has 0 aliphatic heterocycles. The van der Waals surface area contributed by atoms with Gasteiger partial charge in [0.15, 0.2) is 4.34 Å².